The first-order valence-electron chi connectivity index (χ1n) is 5.38. The second-order valence-corrected chi connectivity index (χ2v) is 5.80. The molecular formula is C11H10LiN3O5S. The summed E-state index contributed by atoms with van der Waals surface area (Å²) in [6.45, 7) is 0. The van der Waals surface area contributed by atoms with Crippen molar-refractivity contribution < 1.29 is 37.2 Å². The number of aromatic carboxylic acids is 1. The van der Waals surface area contributed by atoms with Gasteiger partial charge in [-0.05, 0) is 17.7 Å². The van der Waals surface area contributed by atoms with E-state index in [4.69, 9.17) is 0 Å². The summed E-state index contributed by atoms with van der Waals surface area (Å²) in [5.74, 6) is -1.31. The van der Waals surface area contributed by atoms with Crippen molar-refractivity contribution in [3.8, 4) is 5.69 Å². The maximum atomic E-state index is 11.7. The van der Waals surface area contributed by atoms with Crippen LogP contribution in [0.5, 0.6) is 0 Å². The molecular weight excluding hydrogens is 293 g/mol. The number of nitrogens with one attached hydrogen (secondary N) is 2. The topological polar surface area (TPSA) is 124 Å². The molecule has 10 heteroatoms. The van der Waals surface area contributed by atoms with Crippen molar-refractivity contribution in [2.45, 2.75) is 0 Å². The van der Waals surface area contributed by atoms with Crippen LogP contribution in [0.2, 0.25) is 0 Å². The van der Waals surface area contributed by atoms with Gasteiger partial charge in [-0.3, -0.25) is 14.6 Å². The van der Waals surface area contributed by atoms with Gasteiger partial charge in [0.1, 0.15) is 5.82 Å². The second-order valence-electron chi connectivity index (χ2n) is 4.05. The van der Waals surface area contributed by atoms with Crippen molar-refractivity contribution in [1.82, 2.24) is 9.78 Å². The SMILES string of the molecule is CS(=O)(=O)Nc1cc(=O)n(-c2ccc(C(=O)[O-])cc2)[nH]1.[Li+]. The number of carboxylic acids is 1. The van der Waals surface area contributed by atoms with Gasteiger partial charge in [0.25, 0.3) is 5.56 Å². The number of aromatic nitrogens is 2. The Labute approximate surface area is 132 Å². The molecule has 0 bridgehead atoms. The van der Waals surface area contributed by atoms with Crippen LogP contribution >= 0.6 is 0 Å². The number of sulfonamides is 1. The fourth-order valence-electron chi connectivity index (χ4n) is 1.59. The molecule has 0 atom stereocenters. The van der Waals surface area contributed by atoms with E-state index in [0.29, 0.717) is 5.69 Å². The minimum absolute atomic E-state index is 0. The number of benzene rings is 1. The molecule has 2 aromatic rings. The second kappa shape index (κ2) is 6.22. The molecule has 0 saturated carbocycles. The average Bonchev–Trinajstić information content (AvgIpc) is 2.67. The van der Waals surface area contributed by atoms with Crippen molar-refractivity contribution in [2.24, 2.45) is 0 Å². The largest absolute Gasteiger partial charge is 1.00 e. The Bertz CT molecular complexity index is 807. The van der Waals surface area contributed by atoms with E-state index in [0.717, 1.165) is 17.0 Å². The van der Waals surface area contributed by atoms with E-state index in [1.165, 1.54) is 24.3 Å². The van der Waals surface area contributed by atoms with E-state index in [9.17, 15) is 23.1 Å². The summed E-state index contributed by atoms with van der Waals surface area (Å²) in [7, 11) is -3.50. The first-order valence-corrected chi connectivity index (χ1v) is 7.27. The fraction of sp³-hybridized carbons (Fsp3) is 0.0909. The van der Waals surface area contributed by atoms with Crippen molar-refractivity contribution in [3.05, 3.63) is 46.2 Å². The number of anilines is 1. The molecule has 2 rings (SSSR count). The molecule has 0 radical (unpaired) electrons. The van der Waals surface area contributed by atoms with Gasteiger partial charge in [0.15, 0.2) is 0 Å². The molecule has 0 unspecified atom stereocenters. The summed E-state index contributed by atoms with van der Waals surface area (Å²) in [6, 6.07) is 6.43. The Morgan fingerprint density at radius 2 is 1.86 bits per heavy atom. The first-order chi connectivity index (χ1) is 9.26. The summed E-state index contributed by atoms with van der Waals surface area (Å²) in [6.07, 6.45) is 0.956. The number of hydrogen-bond donors (Lipinski definition) is 2. The van der Waals surface area contributed by atoms with Gasteiger partial charge < -0.3 is 9.90 Å². The number of hydrogen-bond acceptors (Lipinski definition) is 5. The molecule has 0 saturated heterocycles. The van der Waals surface area contributed by atoms with Crippen LogP contribution in [0.4, 0.5) is 5.82 Å². The molecule has 1 heterocycles. The summed E-state index contributed by atoms with van der Waals surface area (Å²) in [5, 5.41) is 13.2. The number of rotatable bonds is 4. The molecule has 0 aliphatic rings. The smallest absolute Gasteiger partial charge is 0.545 e. The molecule has 1 aromatic heterocycles. The summed E-state index contributed by atoms with van der Waals surface area (Å²) >= 11 is 0. The number of aromatic amines is 1. The zero-order valence-electron chi connectivity index (χ0n) is 11.3. The van der Waals surface area contributed by atoms with Gasteiger partial charge in [0.05, 0.1) is 17.9 Å². The van der Waals surface area contributed by atoms with Crippen LogP contribution in [-0.4, -0.2) is 30.4 Å². The monoisotopic (exact) mass is 303 g/mol. The molecule has 0 aliphatic carbocycles. The maximum absolute atomic E-state index is 11.7. The van der Waals surface area contributed by atoms with Crippen molar-refractivity contribution >= 4 is 21.8 Å². The van der Waals surface area contributed by atoms with Crippen molar-refractivity contribution in [3.63, 3.8) is 0 Å². The maximum Gasteiger partial charge on any atom is 1.00 e. The van der Waals surface area contributed by atoms with Gasteiger partial charge in [-0.15, -0.1) is 0 Å². The molecule has 106 valence electrons. The normalized spacial score (nSPS) is 10.7. The standard InChI is InChI=1S/C11H11N3O5S.Li/c1-20(18,19)13-9-6-10(15)14(12-9)8-4-2-7(3-5-8)11(16)17;/h2-6,12-13H,1H3,(H,16,17);/q;+1/p-1. The number of carboxylic acid groups (broad SMARTS) is 1. The van der Waals surface area contributed by atoms with Crippen LogP contribution in [0.25, 0.3) is 5.69 Å². The summed E-state index contributed by atoms with van der Waals surface area (Å²) in [5.41, 5.74) is -0.151. The van der Waals surface area contributed by atoms with E-state index in [-0.39, 0.29) is 30.2 Å². The van der Waals surface area contributed by atoms with Crippen LogP contribution in [0, 0.1) is 0 Å². The Morgan fingerprint density at radius 1 is 1.29 bits per heavy atom. The van der Waals surface area contributed by atoms with Crippen LogP contribution in [-0.2, 0) is 10.0 Å². The molecule has 0 aliphatic heterocycles. The molecule has 21 heavy (non-hydrogen) atoms. The Balaban J connectivity index is 0.00000220. The van der Waals surface area contributed by atoms with Gasteiger partial charge in [-0.25, -0.2) is 13.1 Å². The molecule has 8 nitrogen and oxygen atoms in total. The van der Waals surface area contributed by atoms with Gasteiger partial charge in [-0.2, -0.15) is 0 Å². The number of nitrogens with zero attached hydrogens (tertiary/aromatic N) is 1. The predicted molar refractivity (Wildman–Crippen MR) is 69.2 cm³/mol. The quantitative estimate of drug-likeness (QED) is 0.556. The van der Waals surface area contributed by atoms with Gasteiger partial charge in [0, 0.05) is 6.07 Å². The van der Waals surface area contributed by atoms with Crippen LogP contribution in [0.3, 0.4) is 0 Å². The van der Waals surface area contributed by atoms with Gasteiger partial charge in [-0.1, -0.05) is 12.1 Å². The fourth-order valence-corrected chi connectivity index (χ4v) is 2.09. The van der Waals surface area contributed by atoms with E-state index >= 15 is 0 Å². The minimum atomic E-state index is -3.50. The zero-order valence-corrected chi connectivity index (χ0v) is 12.1. The first kappa shape index (κ1) is 17.1. The van der Waals surface area contributed by atoms with Gasteiger partial charge >= 0.3 is 18.9 Å². The van der Waals surface area contributed by atoms with Crippen molar-refractivity contribution in [1.29, 1.82) is 0 Å². The molecule has 2 N–H and O–H groups in total. The predicted octanol–water partition coefficient (Wildman–Crippen LogP) is -4.10. The Morgan fingerprint density at radius 3 is 2.33 bits per heavy atom. The molecule has 0 fully saturated rings. The Kier molecular flexibility index (Phi) is 5.06. The van der Waals surface area contributed by atoms with Crippen LogP contribution in [0.1, 0.15) is 10.4 Å². The average molecular weight is 303 g/mol. The number of H-pyrrole nitrogens is 1. The molecule has 0 amide bonds. The van der Waals surface area contributed by atoms with Gasteiger partial charge in [0.2, 0.25) is 10.0 Å². The molecule has 0 spiro atoms. The third kappa shape index (κ3) is 4.26. The summed E-state index contributed by atoms with van der Waals surface area (Å²) in [4.78, 5) is 22.3. The van der Waals surface area contributed by atoms with E-state index in [2.05, 4.69) is 9.82 Å². The van der Waals surface area contributed by atoms with E-state index in [1.807, 2.05) is 0 Å². The Hall–Kier alpha value is -1.95. The van der Waals surface area contributed by atoms with Crippen molar-refractivity contribution in [2.75, 3.05) is 11.0 Å². The van der Waals surface area contributed by atoms with Crippen LogP contribution < -0.4 is 34.2 Å². The van der Waals surface area contributed by atoms with Crippen LogP contribution in [0.15, 0.2) is 35.1 Å². The third-order valence-electron chi connectivity index (χ3n) is 2.38. The van der Waals surface area contributed by atoms with E-state index < -0.39 is 21.6 Å². The third-order valence-corrected chi connectivity index (χ3v) is 2.97. The number of carbonyl (C=O) groups is 1. The minimum Gasteiger partial charge on any atom is -0.545 e. The van der Waals surface area contributed by atoms with E-state index in [1.54, 1.807) is 0 Å². The zero-order chi connectivity index (χ0) is 14.9. The number of carbonyl (C=O) groups excluding carboxylic acids is 1. The summed E-state index contributed by atoms with van der Waals surface area (Å²) < 4.78 is 25.3. The molecule has 1 aromatic carbocycles.